The summed E-state index contributed by atoms with van der Waals surface area (Å²) in [6, 6.07) is 0. The Labute approximate surface area is 132 Å². The maximum Gasteiger partial charge on any atom is 0.144 e. The van der Waals surface area contributed by atoms with Gasteiger partial charge >= 0.3 is 0 Å². The van der Waals surface area contributed by atoms with Gasteiger partial charge in [-0.2, -0.15) is 0 Å². The van der Waals surface area contributed by atoms with Crippen LogP contribution in [-0.4, -0.2) is 20.9 Å². The molecule has 0 spiro atoms. The molecule has 0 saturated heterocycles. The Balaban J connectivity index is 0.000000173. The fourth-order valence-electron chi connectivity index (χ4n) is 3.58. The molecule has 3 rings (SSSR count). The van der Waals surface area contributed by atoms with Crippen LogP contribution in [0.25, 0.3) is 0 Å². The Morgan fingerprint density at radius 1 is 0.810 bits per heavy atom. The second-order valence-electron chi connectivity index (χ2n) is 7.22. The van der Waals surface area contributed by atoms with E-state index in [2.05, 4.69) is 13.8 Å². The summed E-state index contributed by atoms with van der Waals surface area (Å²) in [5, 5.41) is 0. The van der Waals surface area contributed by atoms with Crippen LogP contribution >= 0.6 is 0 Å². The molecular formula is C18H34O2S. The van der Waals surface area contributed by atoms with Gasteiger partial charge in [-0.3, -0.25) is 0 Å². The zero-order chi connectivity index (χ0) is 15.9. The van der Waals surface area contributed by atoms with E-state index in [1.54, 1.807) is 0 Å². The van der Waals surface area contributed by atoms with Crippen LogP contribution in [0.2, 0.25) is 0 Å². The van der Waals surface area contributed by atoms with E-state index in [-0.39, 0.29) is 0 Å². The van der Waals surface area contributed by atoms with Gasteiger partial charge in [0.25, 0.3) is 0 Å². The third-order valence-corrected chi connectivity index (χ3v) is 4.85. The van der Waals surface area contributed by atoms with Gasteiger partial charge in [0.05, 0.1) is 0 Å². The van der Waals surface area contributed by atoms with Crippen LogP contribution in [0, 0.1) is 11.8 Å². The summed E-state index contributed by atoms with van der Waals surface area (Å²) in [5.41, 5.74) is 3.65. The first-order chi connectivity index (χ1) is 9.79. The van der Waals surface area contributed by atoms with Crippen LogP contribution in [0.15, 0.2) is 11.1 Å². The smallest absolute Gasteiger partial charge is 0.144 e. The Kier molecular flexibility index (Phi) is 8.00. The highest BCUT2D eigenvalue weighted by molar-refractivity contribution is 7.89. The molecule has 124 valence electrons. The lowest BCUT2D eigenvalue weighted by molar-refractivity contribution is 0.460. The van der Waals surface area contributed by atoms with Crippen LogP contribution in [-0.2, 0) is 9.84 Å². The van der Waals surface area contributed by atoms with E-state index in [0.717, 1.165) is 24.3 Å². The summed E-state index contributed by atoms with van der Waals surface area (Å²) in [4.78, 5) is 0. The number of hydrogen-bond donors (Lipinski definition) is 0. The highest BCUT2D eigenvalue weighted by atomic mass is 32.2. The van der Waals surface area contributed by atoms with Crippen molar-refractivity contribution in [3.8, 4) is 0 Å². The van der Waals surface area contributed by atoms with Crippen molar-refractivity contribution in [1.82, 2.24) is 0 Å². The average molecular weight is 315 g/mol. The van der Waals surface area contributed by atoms with Crippen molar-refractivity contribution in [3.63, 3.8) is 0 Å². The topological polar surface area (TPSA) is 34.1 Å². The summed E-state index contributed by atoms with van der Waals surface area (Å²) < 4.78 is 19.3. The molecule has 1 fully saturated rings. The molecule has 0 amide bonds. The molecule has 0 aromatic carbocycles. The Morgan fingerprint density at radius 3 is 1.62 bits per heavy atom. The van der Waals surface area contributed by atoms with E-state index in [9.17, 15) is 8.42 Å². The molecule has 0 aromatic heterocycles. The van der Waals surface area contributed by atoms with Gasteiger partial charge in [0.1, 0.15) is 9.84 Å². The number of sulfone groups is 1. The first-order valence-corrected chi connectivity index (χ1v) is 10.9. The summed E-state index contributed by atoms with van der Waals surface area (Å²) in [5.74, 6) is 1.86. The number of rotatable bonds is 0. The van der Waals surface area contributed by atoms with Crippen molar-refractivity contribution in [3.05, 3.63) is 11.1 Å². The fourth-order valence-corrected chi connectivity index (χ4v) is 3.58. The largest absolute Gasteiger partial charge is 0.229 e. The maximum atomic E-state index is 9.63. The minimum absolute atomic E-state index is 0.914. The van der Waals surface area contributed by atoms with E-state index in [0.29, 0.717) is 0 Å². The van der Waals surface area contributed by atoms with Gasteiger partial charge in [0, 0.05) is 12.5 Å². The van der Waals surface area contributed by atoms with Crippen LogP contribution in [0.4, 0.5) is 0 Å². The van der Waals surface area contributed by atoms with Gasteiger partial charge < -0.3 is 0 Å². The van der Waals surface area contributed by atoms with Gasteiger partial charge in [-0.1, -0.05) is 63.5 Å². The fraction of sp³-hybridized carbons (Fsp3) is 0.889. The van der Waals surface area contributed by atoms with Gasteiger partial charge in [0.15, 0.2) is 0 Å². The van der Waals surface area contributed by atoms with Gasteiger partial charge in [0.2, 0.25) is 0 Å². The second-order valence-corrected chi connectivity index (χ2v) is 9.50. The Hall–Kier alpha value is -0.310. The molecule has 0 aromatic rings. The van der Waals surface area contributed by atoms with Crippen molar-refractivity contribution in [2.45, 2.75) is 78.1 Å². The van der Waals surface area contributed by atoms with Crippen LogP contribution in [0.3, 0.4) is 0 Å². The van der Waals surface area contributed by atoms with Crippen molar-refractivity contribution in [2.75, 3.05) is 12.5 Å². The standard InChI is InChI=1S/C10H16.C6H12.C2H6O2S/c1-7-6-9-4-3-5-10(9)8(7)2;1-2-4-6-5-3-1;1-5(2,3)4/h7-8H,3-6H2,1-2H3;1-6H2;1-2H3/t7-,8-;;/m0../s1. The monoisotopic (exact) mass is 314 g/mol. The molecule has 3 heteroatoms. The third kappa shape index (κ3) is 8.04. The molecule has 2 atom stereocenters. The Bertz CT molecular complexity index is 411. The van der Waals surface area contributed by atoms with Crippen molar-refractivity contribution >= 4 is 9.84 Å². The van der Waals surface area contributed by atoms with E-state index < -0.39 is 9.84 Å². The van der Waals surface area contributed by atoms with Gasteiger partial charge in [-0.15, -0.1) is 0 Å². The SMILES string of the molecule is C1CCCCC1.CS(C)(=O)=O.C[C@@H]1C2=C(CCC2)C[C@@H]1C. The van der Waals surface area contributed by atoms with E-state index >= 15 is 0 Å². The van der Waals surface area contributed by atoms with Crippen LogP contribution in [0.1, 0.15) is 78.1 Å². The summed E-state index contributed by atoms with van der Waals surface area (Å²) in [7, 11) is -2.67. The molecule has 21 heavy (non-hydrogen) atoms. The quantitative estimate of drug-likeness (QED) is 0.580. The van der Waals surface area contributed by atoms with Crippen LogP contribution < -0.4 is 0 Å². The first-order valence-electron chi connectivity index (χ1n) is 8.65. The second kappa shape index (κ2) is 8.97. The third-order valence-electron chi connectivity index (χ3n) is 4.85. The molecule has 0 unspecified atom stereocenters. The summed E-state index contributed by atoms with van der Waals surface area (Å²) in [6.45, 7) is 4.79. The molecule has 0 radical (unpaired) electrons. The lowest BCUT2D eigenvalue weighted by atomic mass is 9.93. The highest BCUT2D eigenvalue weighted by Crippen LogP contribution is 2.45. The molecule has 3 aliphatic carbocycles. The van der Waals surface area contributed by atoms with E-state index in [1.807, 2.05) is 11.1 Å². The summed E-state index contributed by atoms with van der Waals surface area (Å²) >= 11 is 0. The zero-order valence-corrected chi connectivity index (χ0v) is 15.3. The van der Waals surface area contributed by atoms with E-state index in [1.165, 1.54) is 64.2 Å². The molecule has 3 aliphatic rings. The highest BCUT2D eigenvalue weighted by Gasteiger charge is 2.30. The molecule has 1 saturated carbocycles. The first kappa shape index (κ1) is 18.7. The maximum absolute atomic E-state index is 9.63. The van der Waals surface area contributed by atoms with E-state index in [4.69, 9.17) is 0 Å². The molecule has 0 N–H and O–H groups in total. The van der Waals surface area contributed by atoms with Crippen molar-refractivity contribution in [1.29, 1.82) is 0 Å². The zero-order valence-electron chi connectivity index (χ0n) is 14.5. The van der Waals surface area contributed by atoms with Gasteiger partial charge in [-0.25, -0.2) is 8.42 Å². The van der Waals surface area contributed by atoms with Crippen LogP contribution in [0.5, 0.6) is 0 Å². The van der Waals surface area contributed by atoms with Crippen molar-refractivity contribution in [2.24, 2.45) is 11.8 Å². The molecule has 0 aliphatic heterocycles. The Morgan fingerprint density at radius 2 is 1.24 bits per heavy atom. The number of hydrogen-bond acceptors (Lipinski definition) is 2. The lowest BCUT2D eigenvalue weighted by Gasteiger charge is -2.12. The molecule has 0 heterocycles. The minimum Gasteiger partial charge on any atom is -0.229 e. The average Bonchev–Trinajstić information content (AvgIpc) is 2.95. The molecule has 2 nitrogen and oxygen atoms in total. The predicted molar refractivity (Wildman–Crippen MR) is 92.3 cm³/mol. The molecule has 0 bridgehead atoms. The number of allylic oxidation sites excluding steroid dienone is 2. The normalized spacial score (nSPS) is 28.2. The molecular weight excluding hydrogens is 280 g/mol. The van der Waals surface area contributed by atoms with Crippen molar-refractivity contribution < 1.29 is 8.42 Å². The lowest BCUT2D eigenvalue weighted by Crippen LogP contribution is -2.02. The van der Waals surface area contributed by atoms with Gasteiger partial charge in [-0.05, 0) is 37.5 Å². The summed E-state index contributed by atoms with van der Waals surface area (Å²) in [6.07, 6.45) is 17.0. The minimum atomic E-state index is -2.67. The predicted octanol–water partition coefficient (Wildman–Crippen LogP) is 5.14.